The van der Waals surface area contributed by atoms with Crippen LogP contribution in [0.4, 0.5) is 0 Å². The zero-order valence-electron chi connectivity index (χ0n) is 9.65. The number of hydrogen-bond acceptors (Lipinski definition) is 3. The lowest BCUT2D eigenvalue weighted by Gasteiger charge is -2.23. The van der Waals surface area contributed by atoms with Crippen molar-refractivity contribution >= 4 is 11.9 Å². The van der Waals surface area contributed by atoms with E-state index in [1.54, 1.807) is 4.90 Å². The Kier molecular flexibility index (Phi) is 5.25. The molecule has 0 saturated carbocycles. The molecule has 1 atom stereocenters. The molecular formula is C11H19NO4. The number of likely N-dealkylation sites (tertiary alicyclic amines) is 1. The van der Waals surface area contributed by atoms with Gasteiger partial charge in [-0.05, 0) is 19.8 Å². The first-order chi connectivity index (χ1) is 7.65. The Balaban J connectivity index is 2.38. The van der Waals surface area contributed by atoms with E-state index in [0.717, 1.165) is 12.8 Å². The maximum atomic E-state index is 11.8. The van der Waals surface area contributed by atoms with Gasteiger partial charge in [0.1, 0.15) is 0 Å². The summed E-state index contributed by atoms with van der Waals surface area (Å²) in [7, 11) is 0. The number of carbonyl (C=O) groups is 2. The Morgan fingerprint density at radius 3 is 2.88 bits per heavy atom. The van der Waals surface area contributed by atoms with Crippen molar-refractivity contribution in [1.82, 2.24) is 4.90 Å². The lowest BCUT2D eigenvalue weighted by Crippen LogP contribution is -2.37. The van der Waals surface area contributed by atoms with Gasteiger partial charge in [0.05, 0.1) is 19.4 Å². The summed E-state index contributed by atoms with van der Waals surface area (Å²) in [5.74, 6) is -0.827. The van der Waals surface area contributed by atoms with Gasteiger partial charge >= 0.3 is 5.97 Å². The Morgan fingerprint density at radius 2 is 2.25 bits per heavy atom. The van der Waals surface area contributed by atoms with Crippen LogP contribution in [0.1, 0.15) is 32.6 Å². The molecule has 0 aromatic carbocycles. The lowest BCUT2D eigenvalue weighted by molar-refractivity contribution is -0.140. The van der Waals surface area contributed by atoms with Crippen molar-refractivity contribution in [3.8, 4) is 0 Å². The van der Waals surface area contributed by atoms with Crippen LogP contribution in [-0.2, 0) is 14.3 Å². The summed E-state index contributed by atoms with van der Waals surface area (Å²) in [4.78, 5) is 24.1. The molecule has 0 radical (unpaired) electrons. The first kappa shape index (κ1) is 13.0. The molecule has 1 unspecified atom stereocenters. The fraction of sp³-hybridized carbons (Fsp3) is 0.818. The second-order valence-electron chi connectivity index (χ2n) is 3.93. The number of hydrogen-bond donors (Lipinski definition) is 1. The number of rotatable bonds is 6. The maximum absolute atomic E-state index is 11.8. The van der Waals surface area contributed by atoms with E-state index in [1.165, 1.54) is 0 Å². The normalized spacial score (nSPS) is 20.1. The van der Waals surface area contributed by atoms with Crippen molar-refractivity contribution < 1.29 is 19.4 Å². The molecule has 1 fully saturated rings. The standard InChI is InChI=1S/C11H19NO4/c1-2-16-7-5-10(13)12-6-3-4-9(12)8-11(14)15/h9H,2-8H2,1H3,(H,14,15). The molecule has 5 heteroatoms. The van der Waals surface area contributed by atoms with Crippen LogP contribution < -0.4 is 0 Å². The molecule has 1 aliphatic heterocycles. The molecule has 1 aliphatic rings. The summed E-state index contributed by atoms with van der Waals surface area (Å²) in [6.07, 6.45) is 2.11. The van der Waals surface area contributed by atoms with Crippen LogP contribution in [0, 0.1) is 0 Å². The molecule has 0 aliphatic carbocycles. The fourth-order valence-electron chi connectivity index (χ4n) is 2.03. The largest absolute Gasteiger partial charge is 0.481 e. The topological polar surface area (TPSA) is 66.8 Å². The van der Waals surface area contributed by atoms with Crippen molar-refractivity contribution in [3.63, 3.8) is 0 Å². The number of amides is 1. The highest BCUT2D eigenvalue weighted by atomic mass is 16.5. The highest BCUT2D eigenvalue weighted by Crippen LogP contribution is 2.20. The zero-order valence-corrected chi connectivity index (χ0v) is 9.65. The summed E-state index contributed by atoms with van der Waals surface area (Å²) >= 11 is 0. The van der Waals surface area contributed by atoms with Gasteiger partial charge in [0.2, 0.25) is 5.91 Å². The number of nitrogens with zero attached hydrogens (tertiary/aromatic N) is 1. The molecule has 1 rings (SSSR count). The molecule has 1 N–H and O–H groups in total. The van der Waals surface area contributed by atoms with E-state index in [2.05, 4.69) is 0 Å². The number of carboxylic acids is 1. The molecule has 0 aromatic heterocycles. The van der Waals surface area contributed by atoms with E-state index in [4.69, 9.17) is 9.84 Å². The Labute approximate surface area is 95.4 Å². The smallest absolute Gasteiger partial charge is 0.305 e. The lowest BCUT2D eigenvalue weighted by atomic mass is 10.1. The van der Waals surface area contributed by atoms with Crippen LogP contribution in [0.2, 0.25) is 0 Å². The van der Waals surface area contributed by atoms with Crippen LogP contribution in [-0.4, -0.2) is 47.7 Å². The number of carbonyl (C=O) groups excluding carboxylic acids is 1. The van der Waals surface area contributed by atoms with Gasteiger partial charge in [-0.25, -0.2) is 0 Å². The molecule has 1 heterocycles. The van der Waals surface area contributed by atoms with E-state index >= 15 is 0 Å². The molecule has 0 spiro atoms. The van der Waals surface area contributed by atoms with Crippen LogP contribution in [0.3, 0.4) is 0 Å². The van der Waals surface area contributed by atoms with E-state index in [-0.39, 0.29) is 18.4 Å². The van der Waals surface area contributed by atoms with Crippen LogP contribution in [0.15, 0.2) is 0 Å². The van der Waals surface area contributed by atoms with Gasteiger partial charge in [-0.1, -0.05) is 0 Å². The predicted octanol–water partition coefficient (Wildman–Crippen LogP) is 0.879. The quantitative estimate of drug-likeness (QED) is 0.686. The summed E-state index contributed by atoms with van der Waals surface area (Å²) in [5.41, 5.74) is 0. The molecule has 0 aromatic rings. The Bertz CT molecular complexity index is 254. The summed E-state index contributed by atoms with van der Waals surface area (Å²) in [5, 5.41) is 8.72. The summed E-state index contributed by atoms with van der Waals surface area (Å²) < 4.78 is 5.12. The third-order valence-electron chi connectivity index (χ3n) is 2.77. The average molecular weight is 229 g/mol. The van der Waals surface area contributed by atoms with Crippen molar-refractivity contribution in [2.75, 3.05) is 19.8 Å². The van der Waals surface area contributed by atoms with Crippen molar-refractivity contribution in [2.45, 2.75) is 38.6 Å². The minimum atomic E-state index is -0.838. The van der Waals surface area contributed by atoms with Gasteiger partial charge in [0.25, 0.3) is 0 Å². The maximum Gasteiger partial charge on any atom is 0.305 e. The Hall–Kier alpha value is -1.10. The van der Waals surface area contributed by atoms with Gasteiger partial charge in [0.15, 0.2) is 0 Å². The van der Waals surface area contributed by atoms with Gasteiger partial charge in [-0.15, -0.1) is 0 Å². The van der Waals surface area contributed by atoms with E-state index in [1.807, 2.05) is 6.92 Å². The highest BCUT2D eigenvalue weighted by Gasteiger charge is 2.29. The average Bonchev–Trinajstić information content (AvgIpc) is 2.65. The minimum Gasteiger partial charge on any atom is -0.481 e. The van der Waals surface area contributed by atoms with Gasteiger partial charge in [-0.2, -0.15) is 0 Å². The third-order valence-corrected chi connectivity index (χ3v) is 2.77. The van der Waals surface area contributed by atoms with E-state index < -0.39 is 5.97 Å². The number of ether oxygens (including phenoxy) is 1. The number of aliphatic carboxylic acids is 1. The summed E-state index contributed by atoms with van der Waals surface area (Å²) in [6, 6.07) is -0.119. The molecule has 16 heavy (non-hydrogen) atoms. The third kappa shape index (κ3) is 3.81. The van der Waals surface area contributed by atoms with Crippen molar-refractivity contribution in [3.05, 3.63) is 0 Å². The van der Waals surface area contributed by atoms with E-state index in [9.17, 15) is 9.59 Å². The molecule has 1 saturated heterocycles. The molecule has 1 amide bonds. The van der Waals surface area contributed by atoms with Crippen molar-refractivity contribution in [1.29, 1.82) is 0 Å². The SMILES string of the molecule is CCOCCC(=O)N1CCCC1CC(=O)O. The Morgan fingerprint density at radius 1 is 1.50 bits per heavy atom. The molecule has 92 valence electrons. The van der Waals surface area contributed by atoms with Crippen molar-refractivity contribution in [2.24, 2.45) is 0 Å². The summed E-state index contributed by atoms with van der Waals surface area (Å²) in [6.45, 7) is 3.59. The molecule has 5 nitrogen and oxygen atoms in total. The van der Waals surface area contributed by atoms with Gasteiger partial charge in [-0.3, -0.25) is 9.59 Å². The van der Waals surface area contributed by atoms with Crippen LogP contribution in [0.25, 0.3) is 0 Å². The number of carboxylic acid groups (broad SMARTS) is 1. The van der Waals surface area contributed by atoms with E-state index in [0.29, 0.717) is 26.2 Å². The van der Waals surface area contributed by atoms with Gasteiger partial charge < -0.3 is 14.7 Å². The van der Waals surface area contributed by atoms with Crippen LogP contribution in [0.5, 0.6) is 0 Å². The second-order valence-corrected chi connectivity index (χ2v) is 3.93. The zero-order chi connectivity index (χ0) is 12.0. The monoisotopic (exact) mass is 229 g/mol. The van der Waals surface area contributed by atoms with Crippen LogP contribution >= 0.6 is 0 Å². The van der Waals surface area contributed by atoms with Gasteiger partial charge in [0, 0.05) is 19.2 Å². The second kappa shape index (κ2) is 6.48. The molecular weight excluding hydrogens is 210 g/mol. The fourth-order valence-corrected chi connectivity index (χ4v) is 2.03. The highest BCUT2D eigenvalue weighted by molar-refractivity contribution is 5.78. The molecule has 0 bridgehead atoms. The first-order valence-electron chi connectivity index (χ1n) is 5.74. The minimum absolute atomic E-state index is 0.0113. The first-order valence-corrected chi connectivity index (χ1v) is 5.74. The predicted molar refractivity (Wildman–Crippen MR) is 58.1 cm³/mol.